The van der Waals surface area contributed by atoms with Crippen LogP contribution in [0.15, 0.2) is 61.3 Å². The molecule has 4 aliphatic carbocycles. The van der Waals surface area contributed by atoms with Crippen molar-refractivity contribution in [1.29, 1.82) is 0 Å². The van der Waals surface area contributed by atoms with Gasteiger partial charge in [0, 0.05) is 0 Å². The van der Waals surface area contributed by atoms with Crippen LogP contribution in [0.25, 0.3) is 0 Å². The number of allylic oxidation sites excluding steroid dienone is 9. The van der Waals surface area contributed by atoms with Crippen LogP contribution in [0, 0.1) is 41.4 Å². The molecule has 0 aromatic heterocycles. The van der Waals surface area contributed by atoms with Gasteiger partial charge in [0.15, 0.2) is 0 Å². The second-order valence-corrected chi connectivity index (χ2v) is 8.47. The third-order valence-corrected chi connectivity index (χ3v) is 7.28. The smallest absolute Gasteiger partial charge is 0.0136 e. The maximum Gasteiger partial charge on any atom is -0.0136 e. The third kappa shape index (κ3) is 3.13. The molecule has 7 atom stereocenters. The molecule has 0 heterocycles. The summed E-state index contributed by atoms with van der Waals surface area (Å²) in [6.07, 6.45) is 30.9. The fourth-order valence-electron chi connectivity index (χ4n) is 6.07. The molecule has 0 radical (unpaired) electrons. The van der Waals surface area contributed by atoms with Gasteiger partial charge in [-0.3, -0.25) is 0 Å². The molecule has 4 rings (SSSR count). The molecule has 0 bridgehead atoms. The van der Waals surface area contributed by atoms with Gasteiger partial charge in [-0.05, 0) is 86.4 Å². The van der Waals surface area contributed by atoms with E-state index in [1.54, 1.807) is 0 Å². The fraction of sp³-hybridized carbons (Fsp3) is 0.583. The van der Waals surface area contributed by atoms with E-state index in [0.29, 0.717) is 0 Å². The molecule has 7 unspecified atom stereocenters. The summed E-state index contributed by atoms with van der Waals surface area (Å²) in [5, 5.41) is 0. The van der Waals surface area contributed by atoms with Gasteiger partial charge in [0.1, 0.15) is 0 Å². The predicted molar refractivity (Wildman–Crippen MR) is 104 cm³/mol. The van der Waals surface area contributed by atoms with Crippen molar-refractivity contribution in [2.45, 2.75) is 44.9 Å². The lowest BCUT2D eigenvalue weighted by molar-refractivity contribution is 0.316. The third-order valence-electron chi connectivity index (χ3n) is 7.28. The van der Waals surface area contributed by atoms with E-state index in [4.69, 9.17) is 0 Å². The van der Waals surface area contributed by atoms with Crippen LogP contribution in [0.3, 0.4) is 0 Å². The summed E-state index contributed by atoms with van der Waals surface area (Å²) in [5.74, 6) is 6.02. The molecule has 2 fully saturated rings. The minimum Gasteiger partial charge on any atom is -0.103 e. The van der Waals surface area contributed by atoms with Crippen LogP contribution in [-0.4, -0.2) is 0 Å². The largest absolute Gasteiger partial charge is 0.103 e. The van der Waals surface area contributed by atoms with E-state index < -0.39 is 0 Å². The Kier molecular flexibility index (Phi) is 4.92. The summed E-state index contributed by atoms with van der Waals surface area (Å²) in [5.41, 5.74) is 0. The lowest BCUT2D eigenvalue weighted by Gasteiger charge is -2.26. The minimum absolute atomic E-state index is 0.800. The molecule has 0 nitrogen and oxygen atoms in total. The molecule has 0 heteroatoms. The van der Waals surface area contributed by atoms with E-state index in [2.05, 4.69) is 61.3 Å². The van der Waals surface area contributed by atoms with Gasteiger partial charge in [-0.2, -0.15) is 0 Å². The maximum absolute atomic E-state index is 3.93. The van der Waals surface area contributed by atoms with Crippen LogP contribution >= 0.6 is 0 Å². The second-order valence-electron chi connectivity index (χ2n) is 8.47. The first-order valence-corrected chi connectivity index (χ1v) is 10.2. The van der Waals surface area contributed by atoms with Crippen molar-refractivity contribution in [2.75, 3.05) is 0 Å². The standard InChI is InChI=1S/C24H32/c1-2-3-8-20-17-21(24-12-7-6-11-23(20)24)16-15-19-14-13-18-9-4-5-10-22(18)19/h2,4-7,9-12,18-24H,1,3,8,13-17H2. The summed E-state index contributed by atoms with van der Waals surface area (Å²) < 4.78 is 0. The van der Waals surface area contributed by atoms with Crippen molar-refractivity contribution in [2.24, 2.45) is 41.4 Å². The first kappa shape index (κ1) is 16.2. The first-order chi connectivity index (χ1) is 11.9. The maximum atomic E-state index is 3.93. The summed E-state index contributed by atoms with van der Waals surface area (Å²) in [6.45, 7) is 3.93. The summed E-state index contributed by atoms with van der Waals surface area (Å²) in [7, 11) is 0. The van der Waals surface area contributed by atoms with E-state index in [0.717, 1.165) is 41.4 Å². The van der Waals surface area contributed by atoms with Crippen LogP contribution in [0.1, 0.15) is 44.9 Å². The van der Waals surface area contributed by atoms with E-state index in [9.17, 15) is 0 Å². The molecule has 0 aromatic carbocycles. The van der Waals surface area contributed by atoms with Gasteiger partial charge in [-0.15, -0.1) is 6.58 Å². The Morgan fingerprint density at radius 3 is 2.08 bits per heavy atom. The average Bonchev–Trinajstić information content (AvgIpc) is 3.20. The van der Waals surface area contributed by atoms with Crippen LogP contribution in [-0.2, 0) is 0 Å². The zero-order valence-electron chi connectivity index (χ0n) is 14.9. The fourth-order valence-corrected chi connectivity index (χ4v) is 6.07. The average molecular weight is 321 g/mol. The topological polar surface area (TPSA) is 0 Å². The molecule has 0 aromatic rings. The number of fused-ring (bicyclic) bond motifs is 2. The Balaban J connectivity index is 1.37. The summed E-state index contributed by atoms with van der Waals surface area (Å²) in [4.78, 5) is 0. The van der Waals surface area contributed by atoms with Gasteiger partial charge < -0.3 is 0 Å². The van der Waals surface area contributed by atoms with Gasteiger partial charge in [0.25, 0.3) is 0 Å². The number of hydrogen-bond acceptors (Lipinski definition) is 0. The molecule has 0 aliphatic heterocycles. The molecule has 2 saturated carbocycles. The normalized spacial score (nSPS) is 42.2. The molecule has 24 heavy (non-hydrogen) atoms. The quantitative estimate of drug-likeness (QED) is 0.490. The Hall–Kier alpha value is -1.30. The van der Waals surface area contributed by atoms with E-state index >= 15 is 0 Å². The van der Waals surface area contributed by atoms with Crippen molar-refractivity contribution in [3.05, 3.63) is 61.3 Å². The van der Waals surface area contributed by atoms with Gasteiger partial charge in [-0.1, -0.05) is 54.7 Å². The molecule has 0 saturated heterocycles. The van der Waals surface area contributed by atoms with Gasteiger partial charge in [0.2, 0.25) is 0 Å². The molecule has 0 amide bonds. The molecule has 0 N–H and O–H groups in total. The lowest BCUT2D eigenvalue weighted by Crippen LogP contribution is -2.17. The van der Waals surface area contributed by atoms with Crippen LogP contribution in [0.5, 0.6) is 0 Å². The Morgan fingerprint density at radius 2 is 1.33 bits per heavy atom. The van der Waals surface area contributed by atoms with Crippen molar-refractivity contribution in [3.8, 4) is 0 Å². The Labute approximate surface area is 148 Å². The van der Waals surface area contributed by atoms with Crippen LogP contribution in [0.4, 0.5) is 0 Å². The highest BCUT2D eigenvalue weighted by Gasteiger charge is 2.41. The Bertz CT molecular complexity index is 561. The Morgan fingerprint density at radius 1 is 0.708 bits per heavy atom. The SMILES string of the molecule is C=CCCC1CC(CCC2CCC3C=CC=CC32)C2C=CC=CC12. The van der Waals surface area contributed by atoms with Crippen LogP contribution in [0.2, 0.25) is 0 Å². The highest BCUT2D eigenvalue weighted by atomic mass is 14.5. The van der Waals surface area contributed by atoms with Crippen molar-refractivity contribution in [3.63, 3.8) is 0 Å². The summed E-state index contributed by atoms with van der Waals surface area (Å²) >= 11 is 0. The van der Waals surface area contributed by atoms with Gasteiger partial charge >= 0.3 is 0 Å². The monoisotopic (exact) mass is 320 g/mol. The van der Waals surface area contributed by atoms with Crippen molar-refractivity contribution >= 4 is 0 Å². The number of rotatable bonds is 6. The zero-order chi connectivity index (χ0) is 16.4. The van der Waals surface area contributed by atoms with Crippen molar-refractivity contribution in [1.82, 2.24) is 0 Å². The van der Waals surface area contributed by atoms with Gasteiger partial charge in [-0.25, -0.2) is 0 Å². The van der Waals surface area contributed by atoms with Crippen LogP contribution < -0.4 is 0 Å². The first-order valence-electron chi connectivity index (χ1n) is 10.2. The predicted octanol–water partition coefficient (Wildman–Crippen LogP) is 6.50. The molecule has 128 valence electrons. The summed E-state index contributed by atoms with van der Waals surface area (Å²) in [6, 6.07) is 0. The highest BCUT2D eigenvalue weighted by molar-refractivity contribution is 5.20. The lowest BCUT2D eigenvalue weighted by atomic mass is 9.79. The second kappa shape index (κ2) is 7.30. The van der Waals surface area contributed by atoms with E-state index in [1.807, 2.05) is 0 Å². The van der Waals surface area contributed by atoms with Crippen molar-refractivity contribution < 1.29 is 0 Å². The molecular weight excluding hydrogens is 288 g/mol. The van der Waals surface area contributed by atoms with Gasteiger partial charge in [0.05, 0.1) is 0 Å². The molecule has 0 spiro atoms. The zero-order valence-corrected chi connectivity index (χ0v) is 14.9. The molecule has 4 aliphatic rings. The van der Waals surface area contributed by atoms with E-state index in [1.165, 1.54) is 44.9 Å². The number of hydrogen-bond donors (Lipinski definition) is 0. The highest BCUT2D eigenvalue weighted by Crippen LogP contribution is 2.50. The minimum atomic E-state index is 0.800. The van der Waals surface area contributed by atoms with E-state index in [-0.39, 0.29) is 0 Å². The molecular formula is C24H32.